The van der Waals surface area contributed by atoms with Crippen molar-refractivity contribution in [2.75, 3.05) is 22.5 Å². The van der Waals surface area contributed by atoms with Crippen LogP contribution in [0.5, 0.6) is 0 Å². The predicted molar refractivity (Wildman–Crippen MR) is 101 cm³/mol. The average molecular weight is 367 g/mol. The normalized spacial score (nSPS) is 21.0. The molecule has 6 nitrogen and oxygen atoms in total. The van der Waals surface area contributed by atoms with Crippen LogP contribution in [0.2, 0.25) is 0 Å². The lowest BCUT2D eigenvalue weighted by Gasteiger charge is -2.32. The number of hydrogen-bond acceptors (Lipinski definition) is 4. The fourth-order valence-electron chi connectivity index (χ4n) is 3.40. The maximum atomic E-state index is 12.9. The van der Waals surface area contributed by atoms with Crippen LogP contribution in [0.3, 0.4) is 0 Å². The van der Waals surface area contributed by atoms with E-state index in [1.807, 2.05) is 31.2 Å². The Morgan fingerprint density at radius 2 is 1.92 bits per heavy atom. The van der Waals surface area contributed by atoms with Gasteiger partial charge in [0, 0.05) is 29.0 Å². The van der Waals surface area contributed by atoms with E-state index in [-0.39, 0.29) is 23.5 Å². The number of rotatable bonds is 3. The molecule has 0 saturated carbocycles. The van der Waals surface area contributed by atoms with E-state index in [1.54, 1.807) is 29.2 Å². The van der Waals surface area contributed by atoms with Crippen LogP contribution in [-0.2, 0) is 14.5 Å². The highest BCUT2D eigenvalue weighted by Crippen LogP contribution is 2.53. The lowest BCUT2D eigenvalue weighted by Crippen LogP contribution is -2.47. The van der Waals surface area contributed by atoms with Gasteiger partial charge < -0.3 is 10.6 Å². The summed E-state index contributed by atoms with van der Waals surface area (Å²) in [5.41, 5.74) is 2.62. The van der Waals surface area contributed by atoms with Crippen LogP contribution >= 0.6 is 11.8 Å². The van der Waals surface area contributed by atoms with Gasteiger partial charge in [-0.25, -0.2) is 0 Å². The quantitative estimate of drug-likeness (QED) is 0.873. The molecule has 1 atom stereocenters. The Balaban J connectivity index is 1.77. The van der Waals surface area contributed by atoms with Crippen molar-refractivity contribution >= 4 is 40.9 Å². The molecule has 2 heterocycles. The molecule has 132 valence electrons. The Kier molecular flexibility index (Phi) is 3.96. The van der Waals surface area contributed by atoms with Gasteiger partial charge in [-0.2, -0.15) is 0 Å². The minimum Gasteiger partial charge on any atom is -0.352 e. The first kappa shape index (κ1) is 16.7. The van der Waals surface area contributed by atoms with Crippen molar-refractivity contribution in [1.82, 2.24) is 5.32 Å². The van der Waals surface area contributed by atoms with Gasteiger partial charge in [-0.05, 0) is 37.3 Å². The molecule has 0 aromatic heterocycles. The zero-order valence-electron chi connectivity index (χ0n) is 14.1. The number of carbonyl (C=O) groups excluding carboxylic acids is 3. The molecule has 2 aromatic carbocycles. The topological polar surface area (TPSA) is 78.5 Å². The lowest BCUT2D eigenvalue weighted by molar-refractivity contribution is -0.122. The fraction of sp³-hybridized carbons (Fsp3) is 0.211. The molecule has 1 unspecified atom stereocenters. The summed E-state index contributed by atoms with van der Waals surface area (Å²) in [5.74, 6) is -0.297. The molecule has 4 rings (SSSR count). The van der Waals surface area contributed by atoms with Gasteiger partial charge in [0.25, 0.3) is 11.8 Å². The number of hydrogen-bond donors (Lipinski definition) is 2. The highest BCUT2D eigenvalue weighted by Gasteiger charge is 2.58. The van der Waals surface area contributed by atoms with Gasteiger partial charge in [-0.15, -0.1) is 11.8 Å². The van der Waals surface area contributed by atoms with Gasteiger partial charge in [0.05, 0.1) is 5.75 Å². The smallest absolute Gasteiger partial charge is 0.266 e. The zero-order valence-corrected chi connectivity index (χ0v) is 14.9. The monoisotopic (exact) mass is 367 g/mol. The van der Waals surface area contributed by atoms with Crippen LogP contribution in [0, 0.1) is 0 Å². The maximum absolute atomic E-state index is 12.9. The molecule has 0 aliphatic carbocycles. The van der Waals surface area contributed by atoms with E-state index >= 15 is 0 Å². The lowest BCUT2D eigenvalue weighted by atomic mass is 10.0. The number of fused-ring (bicyclic) bond motifs is 2. The molecule has 2 aromatic rings. The van der Waals surface area contributed by atoms with E-state index < -0.39 is 4.87 Å². The number of anilines is 2. The first-order valence-electron chi connectivity index (χ1n) is 8.34. The van der Waals surface area contributed by atoms with E-state index in [2.05, 4.69) is 10.6 Å². The predicted octanol–water partition coefficient (Wildman–Crippen LogP) is 2.32. The van der Waals surface area contributed by atoms with Crippen molar-refractivity contribution in [3.05, 3.63) is 59.7 Å². The summed E-state index contributed by atoms with van der Waals surface area (Å²) in [6.45, 7) is 2.40. The van der Waals surface area contributed by atoms with E-state index in [4.69, 9.17) is 0 Å². The highest BCUT2D eigenvalue weighted by atomic mass is 32.2. The van der Waals surface area contributed by atoms with Crippen LogP contribution in [0.15, 0.2) is 48.5 Å². The highest BCUT2D eigenvalue weighted by molar-refractivity contribution is 8.02. The summed E-state index contributed by atoms with van der Waals surface area (Å²) in [6.07, 6.45) is 0. The number of amides is 3. The molecule has 3 amide bonds. The second-order valence-electron chi connectivity index (χ2n) is 6.07. The minimum absolute atomic E-state index is 0.132. The molecular weight excluding hydrogens is 350 g/mol. The van der Waals surface area contributed by atoms with Crippen molar-refractivity contribution < 1.29 is 14.4 Å². The first-order chi connectivity index (χ1) is 12.6. The number of para-hydroxylation sites is 1. The van der Waals surface area contributed by atoms with Crippen LogP contribution in [0.4, 0.5) is 11.4 Å². The van der Waals surface area contributed by atoms with Gasteiger partial charge in [0.2, 0.25) is 10.8 Å². The van der Waals surface area contributed by atoms with Crippen molar-refractivity contribution in [2.45, 2.75) is 11.8 Å². The van der Waals surface area contributed by atoms with Crippen LogP contribution in [-0.4, -0.2) is 30.0 Å². The first-order valence-corrected chi connectivity index (χ1v) is 9.32. The maximum Gasteiger partial charge on any atom is 0.266 e. The third-order valence-corrected chi connectivity index (χ3v) is 5.94. The Labute approximate surface area is 154 Å². The second kappa shape index (κ2) is 6.17. The van der Waals surface area contributed by atoms with E-state index in [0.29, 0.717) is 17.8 Å². The van der Waals surface area contributed by atoms with E-state index in [0.717, 1.165) is 11.3 Å². The number of benzene rings is 2. The summed E-state index contributed by atoms with van der Waals surface area (Å²) in [7, 11) is 0. The molecule has 2 N–H and O–H groups in total. The van der Waals surface area contributed by atoms with Crippen LogP contribution in [0.25, 0.3) is 0 Å². The zero-order chi connectivity index (χ0) is 18.3. The van der Waals surface area contributed by atoms with E-state index in [1.165, 1.54) is 11.8 Å². The Morgan fingerprint density at radius 1 is 1.19 bits per heavy atom. The van der Waals surface area contributed by atoms with Crippen LogP contribution < -0.4 is 15.5 Å². The fourth-order valence-corrected chi connectivity index (χ4v) is 4.72. The standard InChI is InChI=1S/C19H17N3O3S/c1-2-20-17(24)12-7-9-13(10-8-12)22-16(23)11-26-19(22)14-5-3-4-6-15(14)21-18(19)25/h3-10H,2,11H2,1H3,(H,20,24)(H,21,25). The molecule has 26 heavy (non-hydrogen) atoms. The third kappa shape index (κ3) is 2.31. The molecule has 0 bridgehead atoms. The summed E-state index contributed by atoms with van der Waals surface area (Å²) >= 11 is 1.32. The minimum atomic E-state index is -1.10. The van der Waals surface area contributed by atoms with E-state index in [9.17, 15) is 14.4 Å². The van der Waals surface area contributed by atoms with Gasteiger partial charge in [0.1, 0.15) is 0 Å². The van der Waals surface area contributed by atoms with Crippen molar-refractivity contribution in [2.24, 2.45) is 0 Å². The molecule has 7 heteroatoms. The summed E-state index contributed by atoms with van der Waals surface area (Å²) in [6, 6.07) is 14.2. The Bertz CT molecular complexity index is 913. The Morgan fingerprint density at radius 3 is 2.65 bits per heavy atom. The second-order valence-corrected chi connectivity index (χ2v) is 7.24. The summed E-state index contributed by atoms with van der Waals surface area (Å²) < 4.78 is 0. The summed E-state index contributed by atoms with van der Waals surface area (Å²) in [4.78, 5) is 37.9. The number of nitrogens with zero attached hydrogens (tertiary/aromatic N) is 1. The largest absolute Gasteiger partial charge is 0.352 e. The van der Waals surface area contributed by atoms with Gasteiger partial charge in [0.15, 0.2) is 0 Å². The van der Waals surface area contributed by atoms with Crippen molar-refractivity contribution in [3.8, 4) is 0 Å². The number of thioether (sulfide) groups is 1. The van der Waals surface area contributed by atoms with Gasteiger partial charge >= 0.3 is 0 Å². The van der Waals surface area contributed by atoms with Crippen molar-refractivity contribution in [3.63, 3.8) is 0 Å². The number of carbonyl (C=O) groups is 3. The van der Waals surface area contributed by atoms with Crippen LogP contribution in [0.1, 0.15) is 22.8 Å². The average Bonchev–Trinajstić information content (AvgIpc) is 3.14. The molecular formula is C19H17N3O3S. The molecule has 0 radical (unpaired) electrons. The molecule has 1 saturated heterocycles. The Hall–Kier alpha value is -2.80. The molecule has 1 fully saturated rings. The van der Waals surface area contributed by atoms with Crippen molar-refractivity contribution in [1.29, 1.82) is 0 Å². The third-order valence-electron chi connectivity index (χ3n) is 4.54. The molecule has 1 spiro atoms. The van der Waals surface area contributed by atoms with Gasteiger partial charge in [-0.1, -0.05) is 18.2 Å². The van der Waals surface area contributed by atoms with Gasteiger partial charge in [-0.3, -0.25) is 19.3 Å². The summed E-state index contributed by atoms with van der Waals surface area (Å²) in [5, 5.41) is 5.62. The molecule has 2 aliphatic heterocycles. The SMILES string of the molecule is CCNC(=O)c1ccc(N2C(=O)CSC23C(=O)Nc2ccccc23)cc1. The number of nitrogens with one attached hydrogen (secondary N) is 2. The molecule has 2 aliphatic rings.